The molecule has 0 atom stereocenters. The second kappa shape index (κ2) is 16.7. The van der Waals surface area contributed by atoms with Gasteiger partial charge in [-0.1, -0.05) is 81.9 Å². The van der Waals surface area contributed by atoms with E-state index in [1.54, 1.807) is 5.94 Å². The highest BCUT2D eigenvalue weighted by molar-refractivity contribution is 5.45. The van der Waals surface area contributed by atoms with Crippen molar-refractivity contribution in [2.45, 2.75) is 64.7 Å². The van der Waals surface area contributed by atoms with E-state index >= 15 is 0 Å². The minimum Gasteiger partial charge on any atom is -0.234 e. The monoisotopic (exact) mass is 260 g/mol. The lowest BCUT2D eigenvalue weighted by Crippen LogP contribution is -1.78. The van der Waals surface area contributed by atoms with Crippen LogP contribution in [0.3, 0.4) is 0 Å². The van der Waals surface area contributed by atoms with Gasteiger partial charge in [0.25, 0.3) is 0 Å². The molecule has 0 saturated carbocycles. The first kappa shape index (κ1) is 17.7. The van der Waals surface area contributed by atoms with Crippen molar-refractivity contribution >= 4 is 5.94 Å². The van der Waals surface area contributed by atoms with E-state index in [9.17, 15) is 4.79 Å². The zero-order valence-corrected chi connectivity index (χ0v) is 12.3. The zero-order valence-electron chi connectivity index (χ0n) is 12.3. The van der Waals surface area contributed by atoms with Crippen LogP contribution < -0.4 is 0 Å². The Morgan fingerprint density at radius 1 is 0.789 bits per heavy atom. The molecule has 0 amide bonds. The molecule has 0 aliphatic carbocycles. The predicted molar refractivity (Wildman–Crippen MR) is 84.9 cm³/mol. The third-order valence-electron chi connectivity index (χ3n) is 2.92. The molecule has 0 bridgehead atoms. The summed E-state index contributed by atoms with van der Waals surface area (Å²) in [5.74, 6) is 1.75. The largest absolute Gasteiger partial charge is 0.234 e. The summed E-state index contributed by atoms with van der Waals surface area (Å²) in [5, 5.41) is 0. The van der Waals surface area contributed by atoms with E-state index in [2.05, 4.69) is 19.1 Å². The lowest BCUT2D eigenvalue weighted by molar-refractivity contribution is 0.568. The molecule has 0 aliphatic rings. The van der Waals surface area contributed by atoms with Gasteiger partial charge in [-0.05, 0) is 19.3 Å². The number of carbonyl (C=O) groups excluding carboxylic acids is 1. The molecule has 0 aromatic carbocycles. The Morgan fingerprint density at radius 2 is 1.42 bits per heavy atom. The van der Waals surface area contributed by atoms with Crippen molar-refractivity contribution in [1.82, 2.24) is 0 Å². The first-order valence-electron chi connectivity index (χ1n) is 7.59. The number of unbranched alkanes of at least 4 members (excludes halogenated alkanes) is 7. The molecule has 0 N–H and O–H groups in total. The van der Waals surface area contributed by atoms with Crippen LogP contribution in [0.4, 0.5) is 0 Å². The first-order chi connectivity index (χ1) is 9.41. The Morgan fingerprint density at radius 3 is 2.11 bits per heavy atom. The Balaban J connectivity index is 3.31. The van der Waals surface area contributed by atoms with Crippen molar-refractivity contribution in [2.75, 3.05) is 0 Å². The van der Waals surface area contributed by atoms with Crippen molar-refractivity contribution in [3.05, 3.63) is 42.5 Å². The Kier molecular flexibility index (Phi) is 15.5. The normalized spacial score (nSPS) is 11.6. The number of rotatable bonds is 12. The topological polar surface area (TPSA) is 17.1 Å². The van der Waals surface area contributed by atoms with Crippen LogP contribution in [-0.2, 0) is 4.79 Å². The van der Waals surface area contributed by atoms with Crippen LogP contribution in [-0.4, -0.2) is 5.94 Å². The summed E-state index contributed by atoms with van der Waals surface area (Å²) in [6.07, 6.45) is 25.1. The van der Waals surface area contributed by atoms with Crippen LogP contribution in [0.5, 0.6) is 0 Å². The predicted octanol–water partition coefficient (Wildman–Crippen LogP) is 5.57. The smallest absolute Gasteiger partial charge is 0.120 e. The zero-order chi connectivity index (χ0) is 14.0. The standard InChI is InChI=1S/C18H28O/c1-2-3-4-5-6-7-8-9-10-11-12-13-14-15-16-17-18-19/h10-15,17H,2-9,16H2,1H3/b11-10+,13-12+,15-14+. The van der Waals surface area contributed by atoms with Gasteiger partial charge >= 0.3 is 0 Å². The summed E-state index contributed by atoms with van der Waals surface area (Å²) in [6, 6.07) is 0. The quantitative estimate of drug-likeness (QED) is 0.254. The first-order valence-corrected chi connectivity index (χ1v) is 7.59. The minimum atomic E-state index is 0.662. The van der Waals surface area contributed by atoms with Crippen LogP contribution in [0.1, 0.15) is 64.7 Å². The summed E-state index contributed by atoms with van der Waals surface area (Å²) in [4.78, 5) is 9.90. The van der Waals surface area contributed by atoms with Crippen molar-refractivity contribution in [2.24, 2.45) is 0 Å². The third kappa shape index (κ3) is 16.7. The number of hydrogen-bond acceptors (Lipinski definition) is 1. The van der Waals surface area contributed by atoms with E-state index < -0.39 is 0 Å². The van der Waals surface area contributed by atoms with Crippen molar-refractivity contribution in [3.8, 4) is 0 Å². The molecule has 0 aliphatic heterocycles. The van der Waals surface area contributed by atoms with Gasteiger partial charge in [0, 0.05) is 6.08 Å². The summed E-state index contributed by atoms with van der Waals surface area (Å²) in [5.41, 5.74) is 0. The molecule has 0 unspecified atom stereocenters. The van der Waals surface area contributed by atoms with Gasteiger partial charge in [0.2, 0.25) is 0 Å². The van der Waals surface area contributed by atoms with Crippen molar-refractivity contribution in [1.29, 1.82) is 0 Å². The molecule has 0 saturated heterocycles. The molecule has 0 fully saturated rings. The molecular formula is C18H28O. The maximum Gasteiger partial charge on any atom is 0.120 e. The van der Waals surface area contributed by atoms with E-state index in [0.29, 0.717) is 6.42 Å². The molecule has 0 radical (unpaired) electrons. The molecule has 1 nitrogen and oxygen atoms in total. The maximum absolute atomic E-state index is 9.90. The molecular weight excluding hydrogens is 232 g/mol. The van der Waals surface area contributed by atoms with Gasteiger partial charge in [-0.2, -0.15) is 0 Å². The molecule has 0 heterocycles. The highest BCUT2D eigenvalue weighted by Gasteiger charge is 1.88. The third-order valence-corrected chi connectivity index (χ3v) is 2.92. The Bertz CT molecular complexity index is 304. The molecule has 0 aromatic heterocycles. The van der Waals surface area contributed by atoms with Gasteiger partial charge in [0.15, 0.2) is 0 Å². The average Bonchev–Trinajstić information content (AvgIpc) is 2.43. The summed E-state index contributed by atoms with van der Waals surface area (Å²) < 4.78 is 0. The fraction of sp³-hybridized carbons (Fsp3) is 0.556. The van der Waals surface area contributed by atoms with E-state index in [-0.39, 0.29) is 0 Å². The second-order valence-electron chi connectivity index (χ2n) is 4.71. The van der Waals surface area contributed by atoms with Gasteiger partial charge in [-0.25, -0.2) is 4.79 Å². The number of allylic oxidation sites excluding steroid dienone is 7. The van der Waals surface area contributed by atoms with Crippen molar-refractivity contribution < 1.29 is 4.79 Å². The van der Waals surface area contributed by atoms with Crippen molar-refractivity contribution in [3.63, 3.8) is 0 Å². The maximum atomic E-state index is 9.90. The van der Waals surface area contributed by atoms with E-state index in [4.69, 9.17) is 0 Å². The van der Waals surface area contributed by atoms with E-state index in [1.807, 2.05) is 24.3 Å². The van der Waals surface area contributed by atoms with Gasteiger partial charge in [0.05, 0.1) is 0 Å². The van der Waals surface area contributed by atoms with Gasteiger partial charge < -0.3 is 0 Å². The van der Waals surface area contributed by atoms with Gasteiger partial charge in [0.1, 0.15) is 5.94 Å². The average molecular weight is 260 g/mol. The van der Waals surface area contributed by atoms with E-state index in [0.717, 1.165) is 0 Å². The molecule has 0 aromatic rings. The fourth-order valence-corrected chi connectivity index (χ4v) is 1.80. The lowest BCUT2D eigenvalue weighted by Gasteiger charge is -1.98. The molecule has 19 heavy (non-hydrogen) atoms. The molecule has 1 heteroatoms. The van der Waals surface area contributed by atoms with Crippen LogP contribution in [0.2, 0.25) is 0 Å². The highest BCUT2D eigenvalue weighted by atomic mass is 16.1. The fourth-order valence-electron chi connectivity index (χ4n) is 1.80. The second-order valence-corrected chi connectivity index (χ2v) is 4.71. The van der Waals surface area contributed by atoms with Crippen LogP contribution >= 0.6 is 0 Å². The summed E-state index contributed by atoms with van der Waals surface area (Å²) >= 11 is 0. The molecule has 0 spiro atoms. The van der Waals surface area contributed by atoms with Gasteiger partial charge in [-0.3, -0.25) is 0 Å². The van der Waals surface area contributed by atoms with Crippen LogP contribution in [0, 0.1) is 0 Å². The van der Waals surface area contributed by atoms with Crippen LogP contribution in [0.25, 0.3) is 0 Å². The Hall–Kier alpha value is -1.33. The Labute approximate surface area is 118 Å². The number of hydrogen-bond donors (Lipinski definition) is 0. The molecule has 0 rings (SSSR count). The summed E-state index contributed by atoms with van der Waals surface area (Å²) in [6.45, 7) is 2.26. The van der Waals surface area contributed by atoms with Gasteiger partial charge in [-0.15, -0.1) is 0 Å². The summed E-state index contributed by atoms with van der Waals surface area (Å²) in [7, 11) is 0. The highest BCUT2D eigenvalue weighted by Crippen LogP contribution is 2.08. The minimum absolute atomic E-state index is 0.662. The molecule has 106 valence electrons. The lowest BCUT2D eigenvalue weighted by atomic mass is 10.1. The van der Waals surface area contributed by atoms with Crippen LogP contribution in [0.15, 0.2) is 42.5 Å². The SMILES string of the molecule is CCCCCCCCC/C=C/C=C/C=C/CC=C=O. The van der Waals surface area contributed by atoms with E-state index in [1.165, 1.54) is 57.4 Å².